The molecule has 2 fully saturated rings. The van der Waals surface area contributed by atoms with Crippen molar-refractivity contribution in [2.45, 2.75) is 104 Å². The highest BCUT2D eigenvalue weighted by Crippen LogP contribution is 2.25. The zero-order valence-electron chi connectivity index (χ0n) is 23.5. The maximum atomic E-state index is 12.9. The molecular weight excluding hydrogens is 478 g/mol. The molecule has 0 aromatic carbocycles. The third-order valence-electron chi connectivity index (χ3n) is 6.58. The van der Waals surface area contributed by atoms with Crippen molar-refractivity contribution in [1.82, 2.24) is 15.1 Å². The number of piperidine rings is 2. The molecule has 0 spiro atoms. The van der Waals surface area contributed by atoms with Crippen LogP contribution >= 0.6 is 0 Å². The van der Waals surface area contributed by atoms with Gasteiger partial charge < -0.3 is 29.7 Å². The molecule has 212 valence electrons. The second-order valence-corrected chi connectivity index (χ2v) is 12.3. The van der Waals surface area contributed by atoms with Crippen LogP contribution in [0.2, 0.25) is 0 Å². The Balaban J connectivity index is 1.76. The van der Waals surface area contributed by atoms with Crippen molar-refractivity contribution in [3.8, 4) is 0 Å². The average Bonchev–Trinajstić information content (AvgIpc) is 2.80. The van der Waals surface area contributed by atoms with Gasteiger partial charge in [0.1, 0.15) is 11.2 Å². The van der Waals surface area contributed by atoms with E-state index in [9.17, 15) is 24.3 Å². The summed E-state index contributed by atoms with van der Waals surface area (Å²) in [6, 6.07) is -0.722. The number of aliphatic hydroxyl groups excluding tert-OH is 1. The van der Waals surface area contributed by atoms with Crippen molar-refractivity contribution in [3.63, 3.8) is 0 Å². The molecule has 2 aliphatic rings. The van der Waals surface area contributed by atoms with E-state index in [1.807, 2.05) is 20.8 Å². The molecule has 37 heavy (non-hydrogen) atoms. The fraction of sp³-hybridized carbons (Fsp3) is 0.852. The molecule has 0 aliphatic carbocycles. The lowest BCUT2D eigenvalue weighted by Crippen LogP contribution is -2.49. The van der Waals surface area contributed by atoms with Gasteiger partial charge in [0.2, 0.25) is 11.8 Å². The molecule has 2 aliphatic heterocycles. The highest BCUT2D eigenvalue weighted by atomic mass is 16.6. The van der Waals surface area contributed by atoms with Gasteiger partial charge in [0.05, 0.1) is 25.0 Å². The van der Waals surface area contributed by atoms with Crippen LogP contribution in [0.15, 0.2) is 0 Å². The summed E-state index contributed by atoms with van der Waals surface area (Å²) in [5, 5.41) is 12.4. The van der Waals surface area contributed by atoms with Gasteiger partial charge in [-0.2, -0.15) is 0 Å². The topological polar surface area (TPSA) is 125 Å². The maximum absolute atomic E-state index is 12.9. The largest absolute Gasteiger partial charge is 0.460 e. The number of likely N-dealkylation sites (tertiary alicyclic amines) is 2. The summed E-state index contributed by atoms with van der Waals surface area (Å²) in [7, 11) is 0. The van der Waals surface area contributed by atoms with E-state index in [0.29, 0.717) is 44.9 Å². The van der Waals surface area contributed by atoms with Crippen molar-refractivity contribution >= 4 is 23.9 Å². The fourth-order valence-electron chi connectivity index (χ4n) is 4.70. The van der Waals surface area contributed by atoms with E-state index in [2.05, 4.69) is 5.32 Å². The highest BCUT2D eigenvalue weighted by Gasteiger charge is 2.31. The molecule has 0 aromatic rings. The van der Waals surface area contributed by atoms with Gasteiger partial charge in [-0.25, -0.2) is 4.79 Å². The van der Waals surface area contributed by atoms with Crippen molar-refractivity contribution in [2.24, 2.45) is 11.8 Å². The van der Waals surface area contributed by atoms with E-state index in [-0.39, 0.29) is 36.9 Å². The number of aliphatic hydroxyl groups is 1. The normalized spacial score (nSPS) is 20.2. The van der Waals surface area contributed by atoms with E-state index in [1.54, 1.807) is 30.6 Å². The smallest absolute Gasteiger partial charge is 0.410 e. The molecule has 0 bridgehead atoms. The zero-order valence-corrected chi connectivity index (χ0v) is 23.5. The van der Waals surface area contributed by atoms with Gasteiger partial charge in [-0.05, 0) is 79.6 Å². The number of nitrogens with zero attached hydrogens (tertiary/aromatic N) is 2. The predicted octanol–water partition coefficient (Wildman–Crippen LogP) is 2.86. The molecule has 0 saturated carbocycles. The van der Waals surface area contributed by atoms with E-state index < -0.39 is 23.2 Å². The van der Waals surface area contributed by atoms with E-state index >= 15 is 0 Å². The van der Waals surface area contributed by atoms with Crippen LogP contribution in [0.5, 0.6) is 0 Å². The Morgan fingerprint density at radius 2 is 1.54 bits per heavy atom. The van der Waals surface area contributed by atoms with Crippen LogP contribution in [-0.2, 0) is 23.9 Å². The van der Waals surface area contributed by atoms with Gasteiger partial charge >= 0.3 is 12.1 Å². The Morgan fingerprint density at radius 1 is 0.919 bits per heavy atom. The third-order valence-corrected chi connectivity index (χ3v) is 6.58. The molecule has 2 atom stereocenters. The van der Waals surface area contributed by atoms with E-state index in [0.717, 1.165) is 25.7 Å². The summed E-state index contributed by atoms with van der Waals surface area (Å²) < 4.78 is 10.7. The lowest BCUT2D eigenvalue weighted by atomic mass is 9.91. The SMILES string of the molecule is CC(C)(C)OC(=O)C[C@@H](CO)NC(=O)[C@@H]1CCCN(C(=O)CCC2CCN(C(=O)OC(C)(C)C)CC2)C1. The van der Waals surface area contributed by atoms with Crippen LogP contribution in [0, 0.1) is 11.8 Å². The summed E-state index contributed by atoms with van der Waals surface area (Å²) in [4.78, 5) is 53.5. The number of carbonyl (C=O) groups excluding carboxylic acids is 4. The fourth-order valence-corrected chi connectivity index (χ4v) is 4.70. The molecule has 2 N–H and O–H groups in total. The standard InChI is InChI=1S/C27H47N3O7/c1-26(2,3)36-23(33)16-21(18-31)28-24(34)20-8-7-13-30(17-20)22(32)10-9-19-11-14-29(15-12-19)25(35)37-27(4,5)6/h19-21,31H,7-18H2,1-6H3,(H,28,34)/t20-,21+/m1/s1. The van der Waals surface area contributed by atoms with Crippen LogP contribution in [-0.4, -0.2) is 88.8 Å². The molecule has 0 radical (unpaired) electrons. The van der Waals surface area contributed by atoms with Crippen molar-refractivity contribution < 1.29 is 33.8 Å². The van der Waals surface area contributed by atoms with Crippen LogP contribution < -0.4 is 5.32 Å². The number of hydrogen-bond acceptors (Lipinski definition) is 7. The second-order valence-electron chi connectivity index (χ2n) is 12.3. The van der Waals surface area contributed by atoms with Gasteiger partial charge in [0, 0.05) is 32.6 Å². The van der Waals surface area contributed by atoms with Crippen LogP contribution in [0.4, 0.5) is 4.79 Å². The molecule has 2 heterocycles. The van der Waals surface area contributed by atoms with Crippen LogP contribution in [0.1, 0.15) is 86.5 Å². The Hall–Kier alpha value is -2.36. The van der Waals surface area contributed by atoms with Crippen molar-refractivity contribution in [1.29, 1.82) is 0 Å². The monoisotopic (exact) mass is 525 g/mol. The molecule has 2 rings (SSSR count). The number of nitrogens with one attached hydrogen (secondary N) is 1. The van der Waals surface area contributed by atoms with Crippen LogP contribution in [0.25, 0.3) is 0 Å². The minimum absolute atomic E-state index is 0.0412. The number of rotatable bonds is 8. The van der Waals surface area contributed by atoms with Gasteiger partial charge in [-0.15, -0.1) is 0 Å². The molecule has 10 heteroatoms. The van der Waals surface area contributed by atoms with Gasteiger partial charge in [-0.3, -0.25) is 14.4 Å². The van der Waals surface area contributed by atoms with Crippen LogP contribution in [0.3, 0.4) is 0 Å². The molecule has 3 amide bonds. The van der Waals surface area contributed by atoms with E-state index in [4.69, 9.17) is 9.47 Å². The van der Waals surface area contributed by atoms with Gasteiger partial charge in [0.25, 0.3) is 0 Å². The summed E-state index contributed by atoms with van der Waals surface area (Å²) in [5.41, 5.74) is -1.15. The first-order valence-electron chi connectivity index (χ1n) is 13.6. The minimum Gasteiger partial charge on any atom is -0.460 e. The predicted molar refractivity (Wildman–Crippen MR) is 139 cm³/mol. The summed E-state index contributed by atoms with van der Waals surface area (Å²) >= 11 is 0. The Kier molecular flexibility index (Phi) is 11.2. The quantitative estimate of drug-likeness (QED) is 0.467. The van der Waals surface area contributed by atoms with Gasteiger partial charge in [-0.1, -0.05) is 0 Å². The summed E-state index contributed by atoms with van der Waals surface area (Å²) in [5.74, 6) is -0.689. The molecule has 0 aromatic heterocycles. The molecule has 2 saturated heterocycles. The third kappa shape index (κ3) is 11.3. The zero-order chi connectivity index (χ0) is 27.8. The number of esters is 1. The average molecular weight is 526 g/mol. The number of ether oxygens (including phenoxy) is 2. The summed E-state index contributed by atoms with van der Waals surface area (Å²) in [6.07, 6.45) is 3.86. The first-order chi connectivity index (χ1) is 17.2. The Morgan fingerprint density at radius 3 is 2.11 bits per heavy atom. The Labute approximate surface area is 221 Å². The number of amides is 3. The number of carbonyl (C=O) groups is 4. The summed E-state index contributed by atoms with van der Waals surface area (Å²) in [6.45, 7) is 12.7. The number of hydrogen-bond donors (Lipinski definition) is 2. The van der Waals surface area contributed by atoms with Crippen molar-refractivity contribution in [3.05, 3.63) is 0 Å². The minimum atomic E-state index is -0.722. The first-order valence-corrected chi connectivity index (χ1v) is 13.6. The maximum Gasteiger partial charge on any atom is 0.410 e. The highest BCUT2D eigenvalue weighted by molar-refractivity contribution is 5.82. The lowest BCUT2D eigenvalue weighted by molar-refractivity contribution is -0.155. The second kappa shape index (κ2) is 13.4. The van der Waals surface area contributed by atoms with Crippen molar-refractivity contribution in [2.75, 3.05) is 32.8 Å². The molecule has 0 unspecified atom stereocenters. The Bertz CT molecular complexity index is 795. The first kappa shape index (κ1) is 30.9. The molecular formula is C27H47N3O7. The molecule has 10 nitrogen and oxygen atoms in total. The van der Waals surface area contributed by atoms with Gasteiger partial charge in [0.15, 0.2) is 0 Å². The lowest BCUT2D eigenvalue weighted by Gasteiger charge is -2.35. The van der Waals surface area contributed by atoms with E-state index in [1.165, 1.54) is 0 Å².